The van der Waals surface area contributed by atoms with Crippen molar-refractivity contribution in [1.82, 2.24) is 15.0 Å². The Bertz CT molecular complexity index is 892. The van der Waals surface area contributed by atoms with Gasteiger partial charge in [-0.1, -0.05) is 35.5 Å². The Morgan fingerprint density at radius 2 is 1.88 bits per heavy atom. The molecule has 134 valence electrons. The number of thioether (sulfide) groups is 1. The first-order valence-electron chi connectivity index (χ1n) is 7.92. The molecule has 2 aromatic heterocycles. The predicted molar refractivity (Wildman–Crippen MR) is 107 cm³/mol. The second-order valence-electron chi connectivity index (χ2n) is 5.71. The lowest BCUT2D eigenvalue weighted by Crippen LogP contribution is -2.14. The highest BCUT2D eigenvalue weighted by molar-refractivity contribution is 7.99. The molecule has 1 aromatic carbocycles. The van der Waals surface area contributed by atoms with Gasteiger partial charge in [0.05, 0.1) is 5.75 Å². The molecule has 0 saturated carbocycles. The summed E-state index contributed by atoms with van der Waals surface area (Å²) < 4.78 is 0. The maximum absolute atomic E-state index is 12.1. The zero-order valence-electron chi connectivity index (χ0n) is 14.3. The van der Waals surface area contributed by atoms with E-state index < -0.39 is 0 Å². The largest absolute Gasteiger partial charge is 0.301 e. The number of nitrogens with one attached hydrogen (secondary N) is 1. The number of thiazole rings is 1. The number of carbonyl (C=O) groups excluding carboxylic acids is 1. The Morgan fingerprint density at radius 3 is 2.58 bits per heavy atom. The lowest BCUT2D eigenvalue weighted by atomic mass is 10.1. The van der Waals surface area contributed by atoms with Gasteiger partial charge in [0, 0.05) is 33.9 Å². The summed E-state index contributed by atoms with van der Waals surface area (Å²) in [6, 6.07) is 9.61. The molecule has 0 bridgehead atoms. The van der Waals surface area contributed by atoms with E-state index in [9.17, 15) is 4.79 Å². The summed E-state index contributed by atoms with van der Waals surface area (Å²) in [5, 5.41) is 4.76. The molecule has 0 radical (unpaired) electrons. The van der Waals surface area contributed by atoms with Crippen molar-refractivity contribution in [2.45, 2.75) is 25.4 Å². The molecule has 1 N–H and O–H groups in total. The summed E-state index contributed by atoms with van der Waals surface area (Å²) >= 11 is 8.69. The molecule has 0 aliphatic carbocycles. The van der Waals surface area contributed by atoms with Gasteiger partial charge < -0.3 is 5.32 Å². The van der Waals surface area contributed by atoms with E-state index in [0.29, 0.717) is 10.3 Å². The van der Waals surface area contributed by atoms with Gasteiger partial charge >= 0.3 is 0 Å². The van der Waals surface area contributed by atoms with Gasteiger partial charge in [-0.2, -0.15) is 0 Å². The minimum Gasteiger partial charge on any atom is -0.301 e. The van der Waals surface area contributed by atoms with E-state index in [4.69, 9.17) is 11.6 Å². The van der Waals surface area contributed by atoms with Crippen LogP contribution in [0.15, 0.2) is 41.7 Å². The minimum atomic E-state index is -0.120. The molecule has 0 aliphatic heterocycles. The van der Waals surface area contributed by atoms with E-state index in [2.05, 4.69) is 20.3 Å². The van der Waals surface area contributed by atoms with Crippen LogP contribution in [0.5, 0.6) is 0 Å². The lowest BCUT2D eigenvalue weighted by Gasteiger charge is -2.03. The topological polar surface area (TPSA) is 67.8 Å². The predicted octanol–water partition coefficient (Wildman–Crippen LogP) is 4.52. The van der Waals surface area contributed by atoms with E-state index >= 15 is 0 Å². The maximum Gasteiger partial charge on any atom is 0.236 e. The van der Waals surface area contributed by atoms with Gasteiger partial charge in [0.15, 0.2) is 10.3 Å². The van der Waals surface area contributed by atoms with E-state index in [-0.39, 0.29) is 11.7 Å². The average Bonchev–Trinajstić information content (AvgIpc) is 3.01. The number of hydrogen-bond donors (Lipinski definition) is 1. The number of benzene rings is 1. The SMILES string of the molecule is Cc1cc(C)nc(SCC(=O)Nc2ncc(Cc3ccc(Cl)cc3)s2)n1. The number of halogens is 1. The Labute approximate surface area is 165 Å². The van der Waals surface area contributed by atoms with Crippen LogP contribution in [0.25, 0.3) is 0 Å². The summed E-state index contributed by atoms with van der Waals surface area (Å²) in [5.74, 6) is 0.125. The number of rotatable bonds is 6. The fourth-order valence-electron chi connectivity index (χ4n) is 2.29. The molecule has 3 aromatic rings. The summed E-state index contributed by atoms with van der Waals surface area (Å²) in [6.07, 6.45) is 2.55. The summed E-state index contributed by atoms with van der Waals surface area (Å²) in [7, 11) is 0. The molecular formula is C18H17ClN4OS2. The second-order valence-corrected chi connectivity index (χ2v) is 8.20. The van der Waals surface area contributed by atoms with Crippen LogP contribution in [0, 0.1) is 13.8 Å². The zero-order valence-corrected chi connectivity index (χ0v) is 16.7. The van der Waals surface area contributed by atoms with Gasteiger partial charge in [0.25, 0.3) is 0 Å². The van der Waals surface area contributed by atoms with Gasteiger partial charge in [-0.05, 0) is 37.6 Å². The third-order valence-electron chi connectivity index (χ3n) is 3.39. The third kappa shape index (κ3) is 5.52. The number of hydrogen-bond acceptors (Lipinski definition) is 6. The highest BCUT2D eigenvalue weighted by Crippen LogP contribution is 2.22. The van der Waals surface area contributed by atoms with Crippen LogP contribution < -0.4 is 5.32 Å². The molecule has 3 rings (SSSR count). The van der Waals surface area contributed by atoms with Crippen LogP contribution >= 0.6 is 34.7 Å². The Hall–Kier alpha value is -1.96. The molecule has 0 unspecified atom stereocenters. The monoisotopic (exact) mass is 404 g/mol. The summed E-state index contributed by atoms with van der Waals surface area (Å²) in [4.78, 5) is 26.1. The number of aryl methyl sites for hydroxylation is 2. The Morgan fingerprint density at radius 1 is 1.19 bits per heavy atom. The smallest absolute Gasteiger partial charge is 0.236 e. The van der Waals surface area contributed by atoms with Gasteiger partial charge in [-0.3, -0.25) is 4.79 Å². The van der Waals surface area contributed by atoms with Crippen LogP contribution in [0.2, 0.25) is 5.02 Å². The maximum atomic E-state index is 12.1. The van der Waals surface area contributed by atoms with Gasteiger partial charge in [0.1, 0.15) is 0 Å². The molecule has 0 spiro atoms. The fourth-order valence-corrected chi connectivity index (χ4v) is 4.03. The standard InChI is InChI=1S/C18H17ClN4OS2/c1-11-7-12(2)22-18(21-11)25-10-16(24)23-17-20-9-15(26-17)8-13-3-5-14(19)6-4-13/h3-7,9H,8,10H2,1-2H3,(H,20,23,24). The quantitative estimate of drug-likeness (QED) is 0.483. The molecule has 1 amide bonds. The molecule has 26 heavy (non-hydrogen) atoms. The van der Waals surface area contributed by atoms with Crippen LogP contribution in [-0.2, 0) is 11.2 Å². The molecule has 0 saturated heterocycles. The van der Waals surface area contributed by atoms with Crippen molar-refractivity contribution >= 4 is 45.7 Å². The van der Waals surface area contributed by atoms with E-state index in [1.165, 1.54) is 23.1 Å². The Balaban J connectivity index is 1.53. The number of anilines is 1. The van der Waals surface area contributed by atoms with E-state index in [1.54, 1.807) is 6.20 Å². The summed E-state index contributed by atoms with van der Waals surface area (Å²) in [5.41, 5.74) is 2.94. The first kappa shape index (κ1) is 18.8. The van der Waals surface area contributed by atoms with Crippen LogP contribution in [-0.4, -0.2) is 26.6 Å². The lowest BCUT2D eigenvalue weighted by molar-refractivity contribution is -0.113. The highest BCUT2D eigenvalue weighted by atomic mass is 35.5. The Kier molecular flexibility index (Phi) is 6.24. The van der Waals surface area contributed by atoms with Crippen molar-refractivity contribution in [2.75, 3.05) is 11.1 Å². The molecule has 0 aliphatic rings. The van der Waals surface area contributed by atoms with Gasteiger partial charge in [-0.25, -0.2) is 15.0 Å². The van der Waals surface area contributed by atoms with Crippen LogP contribution in [0.1, 0.15) is 21.8 Å². The molecular weight excluding hydrogens is 388 g/mol. The van der Waals surface area contributed by atoms with Crippen molar-refractivity contribution in [1.29, 1.82) is 0 Å². The number of aromatic nitrogens is 3. The van der Waals surface area contributed by atoms with Crippen molar-refractivity contribution in [2.24, 2.45) is 0 Å². The van der Waals surface area contributed by atoms with Crippen molar-refractivity contribution in [3.05, 3.63) is 63.4 Å². The fraction of sp³-hybridized carbons (Fsp3) is 0.222. The van der Waals surface area contributed by atoms with E-state index in [1.807, 2.05) is 44.2 Å². The minimum absolute atomic E-state index is 0.120. The van der Waals surface area contributed by atoms with Crippen molar-refractivity contribution in [3.8, 4) is 0 Å². The van der Waals surface area contributed by atoms with Gasteiger partial charge in [-0.15, -0.1) is 11.3 Å². The zero-order chi connectivity index (χ0) is 18.5. The molecule has 0 atom stereocenters. The van der Waals surface area contributed by atoms with Crippen molar-refractivity contribution in [3.63, 3.8) is 0 Å². The first-order valence-corrected chi connectivity index (χ1v) is 10.1. The second kappa shape index (κ2) is 8.62. The van der Waals surface area contributed by atoms with Crippen molar-refractivity contribution < 1.29 is 4.79 Å². The molecule has 5 nitrogen and oxygen atoms in total. The third-order valence-corrected chi connectivity index (χ3v) is 5.40. The first-order chi connectivity index (χ1) is 12.5. The number of nitrogens with zero attached hydrogens (tertiary/aromatic N) is 3. The normalized spacial score (nSPS) is 10.7. The molecule has 0 fully saturated rings. The molecule has 8 heteroatoms. The van der Waals surface area contributed by atoms with Crippen LogP contribution in [0.4, 0.5) is 5.13 Å². The van der Waals surface area contributed by atoms with Crippen LogP contribution in [0.3, 0.4) is 0 Å². The summed E-state index contributed by atoms with van der Waals surface area (Å²) in [6.45, 7) is 3.83. The average molecular weight is 405 g/mol. The molecule has 2 heterocycles. The van der Waals surface area contributed by atoms with E-state index in [0.717, 1.165) is 33.3 Å². The highest BCUT2D eigenvalue weighted by Gasteiger charge is 2.09. The number of amides is 1. The number of carbonyl (C=O) groups is 1. The van der Waals surface area contributed by atoms with Gasteiger partial charge in [0.2, 0.25) is 5.91 Å².